The first kappa shape index (κ1) is 95.8. The fourth-order valence-electron chi connectivity index (χ4n) is 20.9. The first-order valence-electron chi connectivity index (χ1n) is 47.7. The number of ether oxygens (including phenoxy) is 4. The third-order valence-electron chi connectivity index (χ3n) is 27.5. The Kier molecular flexibility index (Phi) is 32.1. The zero-order chi connectivity index (χ0) is 94.6. The predicted octanol–water partition coefficient (Wildman–Crippen LogP) is 14.0. The molecule has 5 saturated heterocycles. The summed E-state index contributed by atoms with van der Waals surface area (Å²) in [6, 6.07) is 51.6. The summed E-state index contributed by atoms with van der Waals surface area (Å²) in [5.41, 5.74) is 16.9. The van der Waals surface area contributed by atoms with Gasteiger partial charge < -0.3 is 72.8 Å². The van der Waals surface area contributed by atoms with E-state index in [0.29, 0.717) is 146 Å². The van der Waals surface area contributed by atoms with Crippen LogP contribution in [0, 0.1) is 88.8 Å². The number of pyridine rings is 3. The highest BCUT2D eigenvalue weighted by molar-refractivity contribution is 6.00. The second kappa shape index (κ2) is 45.3. The molecule has 8 aliphatic rings. The Labute approximate surface area is 793 Å². The number of carbonyl (C=O) groups is 3. The third-order valence-corrected chi connectivity index (χ3v) is 27.5. The number of likely N-dealkylation sites (tertiary alicyclic amines) is 1. The monoisotopic (exact) mass is 1810 g/mol. The standard InChI is InChI=1S/C37H43N7O2.C36H41N7O3.C34H39N7O2/c1-3-34(45)44-22-21-43(25-29(44)14-16-38)36-30-15-20-42(33-13-8-12-28-11-7-10-27(2)35(28)33)26-32(30)40-37(31(36)24-39)46-23-9-19-41-17-5-4-6-18-41;1-3-33(44)43-17-16-42(24-28(43)11-13-37)35-29-12-15-41(32-10-5-9-27-8-4-7-26(2)34(27)32)25-31(29)39-36(30(35)23-38)46-20-6-14-40-18-21-45-22-19-40;1-5-31(42)41-19-18-40(22-26(41)13-15-35)33-27-14-17-39(30-12-7-11-25-10-6-9-24(2)32(25)30)23-29(27)37-34(28(33)21-36)43-20-8-16-38(3)4/h3,7-8,10-13,29H,1,4-6,9,14-15,17-23,25-26H2,2H3;3-5,7-10,28H,1,6,11-12,14-22,24-25H2,2H3;5-7,9-12,26H,1,8,13-14,16-20,22-23H2,2-4H3/t29-;28-;26-/m000/s1. The van der Waals surface area contributed by atoms with Crippen LogP contribution >= 0.6 is 0 Å². The molecule has 11 heterocycles. The van der Waals surface area contributed by atoms with Gasteiger partial charge in [0.1, 0.15) is 34.9 Å². The van der Waals surface area contributed by atoms with Crippen molar-refractivity contribution in [1.82, 2.24) is 44.4 Å². The Morgan fingerprint density at radius 3 is 1.04 bits per heavy atom. The lowest BCUT2D eigenvalue weighted by Crippen LogP contribution is -2.55. The van der Waals surface area contributed by atoms with Crippen LogP contribution in [0.1, 0.15) is 125 Å². The van der Waals surface area contributed by atoms with E-state index in [9.17, 15) is 46.0 Å². The second-order valence-corrected chi connectivity index (χ2v) is 36.3. The molecule has 5 fully saturated rings. The Balaban J connectivity index is 0.000000154. The van der Waals surface area contributed by atoms with E-state index >= 15 is 0 Å². The van der Waals surface area contributed by atoms with Crippen molar-refractivity contribution in [3.05, 3.63) is 214 Å². The SMILES string of the molecule is C=CC(=O)N1CCN(c2c(C#N)c(OCCCN(C)C)nc3c2CCN(c2cccc4cccc(C)c24)C3)C[C@@H]1CC#N.C=CC(=O)N1CCN(c2c(C#N)c(OCCCN3CCCCC3)nc3c2CCN(c2cccc4cccc(C)c24)C3)C[C@@H]1CC#N.C=CC(=O)N1CCN(c2c(C#N)c(OCCCN3CCOCC3)nc3c2CCN(c2cccc4cccc(C)c24)C3)C[C@@H]1CC#N. The smallest absolute Gasteiger partial charge is 0.246 e. The van der Waals surface area contributed by atoms with Crippen molar-refractivity contribution in [2.45, 2.75) is 136 Å². The van der Waals surface area contributed by atoms with Crippen LogP contribution in [-0.2, 0) is 58.0 Å². The normalized spacial score (nSPS) is 17.9. The van der Waals surface area contributed by atoms with Crippen LogP contribution in [-0.4, -0.2) is 252 Å². The quantitative estimate of drug-likeness (QED) is 0.0341. The van der Waals surface area contributed by atoms with Crippen molar-refractivity contribution in [3.63, 3.8) is 0 Å². The summed E-state index contributed by atoms with van der Waals surface area (Å²) in [4.78, 5) is 78.7. The number of aromatic nitrogens is 3. The van der Waals surface area contributed by atoms with Gasteiger partial charge >= 0.3 is 0 Å². The summed E-state index contributed by atoms with van der Waals surface area (Å²) in [5, 5.41) is 67.7. The number of morpholine rings is 1. The highest BCUT2D eigenvalue weighted by Crippen LogP contribution is 2.45. The van der Waals surface area contributed by atoms with Crippen molar-refractivity contribution in [2.24, 2.45) is 0 Å². The average molecular weight is 1820 g/mol. The van der Waals surface area contributed by atoms with E-state index in [-0.39, 0.29) is 55.1 Å². The van der Waals surface area contributed by atoms with E-state index in [4.69, 9.17) is 33.9 Å². The van der Waals surface area contributed by atoms with Crippen LogP contribution in [0.3, 0.4) is 0 Å². The molecule has 135 heavy (non-hydrogen) atoms. The molecule has 0 saturated carbocycles. The number of nitriles is 6. The molecule has 28 nitrogen and oxygen atoms in total. The molecule has 3 atom stereocenters. The van der Waals surface area contributed by atoms with E-state index < -0.39 is 0 Å². The number of anilines is 6. The maximum atomic E-state index is 12.6. The molecule has 0 unspecified atom stereocenters. The molecule has 28 heteroatoms. The molecule has 6 aromatic carbocycles. The van der Waals surface area contributed by atoms with Crippen molar-refractivity contribution < 1.29 is 33.3 Å². The van der Waals surface area contributed by atoms with Crippen molar-refractivity contribution >= 4 is 84.2 Å². The number of carbonyl (C=O) groups excluding carboxylic acids is 3. The van der Waals surface area contributed by atoms with E-state index in [1.807, 2.05) is 14.1 Å². The number of nitrogens with zero attached hydrogens (tertiary/aromatic N) is 21. The summed E-state index contributed by atoms with van der Waals surface area (Å²) >= 11 is 0. The highest BCUT2D eigenvalue weighted by atomic mass is 16.5. The molecule has 0 spiro atoms. The molecular formula is C107H123N21O7. The summed E-state index contributed by atoms with van der Waals surface area (Å²) < 4.78 is 24.4. The molecule has 0 radical (unpaired) electrons. The number of piperazine rings is 3. The van der Waals surface area contributed by atoms with Gasteiger partial charge in [-0.05, 0) is 169 Å². The summed E-state index contributed by atoms with van der Waals surface area (Å²) in [6.07, 6.45) is 13.0. The summed E-state index contributed by atoms with van der Waals surface area (Å²) in [5.74, 6) is 0.566. The Bertz CT molecular complexity index is 5880. The van der Waals surface area contributed by atoms with Crippen LogP contribution in [0.4, 0.5) is 34.1 Å². The minimum absolute atomic E-state index is 0.170. The number of benzene rings is 6. The topological polar surface area (TPSA) is 308 Å². The van der Waals surface area contributed by atoms with Crippen molar-refractivity contribution in [3.8, 4) is 54.1 Å². The number of aryl methyl sites for hydroxylation is 3. The Morgan fingerprint density at radius 1 is 0.415 bits per heavy atom. The number of amides is 3. The van der Waals surface area contributed by atoms with Gasteiger partial charge in [0.05, 0.1) is 142 Å². The molecule has 0 N–H and O–H groups in total. The van der Waals surface area contributed by atoms with Gasteiger partial charge in [-0.25, -0.2) is 15.0 Å². The number of piperidine rings is 1. The number of hydrogen-bond donors (Lipinski definition) is 0. The van der Waals surface area contributed by atoms with Crippen LogP contribution in [0.15, 0.2) is 147 Å². The van der Waals surface area contributed by atoms with Gasteiger partial charge in [0, 0.05) is 161 Å². The van der Waals surface area contributed by atoms with Crippen LogP contribution < -0.4 is 43.6 Å². The lowest BCUT2D eigenvalue weighted by molar-refractivity contribution is -0.129. The Morgan fingerprint density at radius 2 is 0.733 bits per heavy atom. The molecule has 0 aliphatic carbocycles. The maximum absolute atomic E-state index is 12.6. The first-order chi connectivity index (χ1) is 65.9. The molecule has 8 aliphatic heterocycles. The van der Waals surface area contributed by atoms with Crippen LogP contribution in [0.2, 0.25) is 0 Å². The molecular weight excluding hydrogens is 1690 g/mol. The average Bonchev–Trinajstić information content (AvgIpc) is 0.755. The lowest BCUT2D eigenvalue weighted by atomic mass is 9.95. The van der Waals surface area contributed by atoms with Crippen molar-refractivity contribution in [1.29, 1.82) is 31.6 Å². The van der Waals surface area contributed by atoms with Gasteiger partial charge in [-0.15, -0.1) is 0 Å². The fourth-order valence-corrected chi connectivity index (χ4v) is 20.9. The van der Waals surface area contributed by atoms with Crippen LogP contribution in [0.5, 0.6) is 17.6 Å². The molecule has 3 aromatic heterocycles. The first-order valence-corrected chi connectivity index (χ1v) is 47.7. The van der Waals surface area contributed by atoms with Gasteiger partial charge in [-0.3, -0.25) is 19.3 Å². The summed E-state index contributed by atoms with van der Waals surface area (Å²) in [6.45, 7) is 35.6. The van der Waals surface area contributed by atoms with E-state index in [1.165, 1.54) is 104 Å². The predicted molar refractivity (Wildman–Crippen MR) is 528 cm³/mol. The molecule has 0 bridgehead atoms. The van der Waals surface area contributed by atoms with Gasteiger partial charge in [0.2, 0.25) is 35.4 Å². The van der Waals surface area contributed by atoms with E-state index in [1.54, 1.807) is 14.7 Å². The second-order valence-electron chi connectivity index (χ2n) is 36.3. The van der Waals surface area contributed by atoms with Crippen LogP contribution in [0.25, 0.3) is 32.3 Å². The summed E-state index contributed by atoms with van der Waals surface area (Å²) in [7, 11) is 4.04. The maximum Gasteiger partial charge on any atom is 0.246 e. The highest BCUT2D eigenvalue weighted by Gasteiger charge is 2.40. The molecule has 17 rings (SSSR count). The van der Waals surface area contributed by atoms with Gasteiger partial charge in [-0.2, -0.15) is 31.6 Å². The zero-order valence-corrected chi connectivity index (χ0v) is 78.8. The van der Waals surface area contributed by atoms with Crippen molar-refractivity contribution in [2.75, 3.05) is 201 Å². The number of hydrogen-bond acceptors (Lipinski definition) is 25. The van der Waals surface area contributed by atoms with E-state index in [0.717, 1.165) is 155 Å². The number of rotatable bonds is 27. The molecule has 9 aromatic rings. The minimum Gasteiger partial charge on any atom is -0.477 e. The minimum atomic E-state index is -0.309. The lowest BCUT2D eigenvalue weighted by Gasteiger charge is -2.43. The van der Waals surface area contributed by atoms with Gasteiger partial charge in [-0.1, -0.05) is 117 Å². The molecule has 698 valence electrons. The van der Waals surface area contributed by atoms with E-state index in [2.05, 4.69) is 230 Å². The number of fused-ring (bicyclic) bond motifs is 6. The largest absolute Gasteiger partial charge is 0.477 e. The van der Waals surface area contributed by atoms with Gasteiger partial charge in [0.25, 0.3) is 0 Å². The van der Waals surface area contributed by atoms with Gasteiger partial charge in [0.15, 0.2) is 0 Å². The zero-order valence-electron chi connectivity index (χ0n) is 78.8. The fraction of sp³-hybridized carbons (Fsp3) is 0.439. The molecule has 3 amide bonds. The third kappa shape index (κ3) is 21.7. The Hall–Kier alpha value is -13.8.